The van der Waals surface area contributed by atoms with Crippen molar-refractivity contribution in [2.75, 3.05) is 0 Å². The predicted molar refractivity (Wildman–Crippen MR) is 61.2 cm³/mol. The van der Waals surface area contributed by atoms with E-state index in [1.165, 1.54) is 27.9 Å². The number of thiophene rings is 1. The quantitative estimate of drug-likeness (QED) is 0.867. The summed E-state index contributed by atoms with van der Waals surface area (Å²) >= 11 is 5.34. The molecule has 1 fully saturated rings. The summed E-state index contributed by atoms with van der Waals surface area (Å²) in [5, 5.41) is 0. The fraction of sp³-hybridized carbons (Fsp3) is 0.600. The molecule has 0 aliphatic heterocycles. The Labute approximate surface area is 91.5 Å². The van der Waals surface area contributed by atoms with Crippen molar-refractivity contribution < 1.29 is 0 Å². The van der Waals surface area contributed by atoms with Crippen LogP contribution in [0.25, 0.3) is 0 Å². The van der Waals surface area contributed by atoms with E-state index >= 15 is 0 Å². The van der Waals surface area contributed by atoms with Gasteiger partial charge in [-0.05, 0) is 47.8 Å². The number of hydrogen-bond acceptors (Lipinski definition) is 2. The van der Waals surface area contributed by atoms with E-state index in [9.17, 15) is 0 Å². The van der Waals surface area contributed by atoms with E-state index in [-0.39, 0.29) is 6.04 Å². The fourth-order valence-electron chi connectivity index (χ4n) is 2.07. The van der Waals surface area contributed by atoms with Crippen LogP contribution in [-0.2, 0) is 5.41 Å². The molecule has 1 heterocycles. The molecule has 0 saturated heterocycles. The lowest BCUT2D eigenvalue weighted by atomic mass is 9.64. The van der Waals surface area contributed by atoms with E-state index < -0.39 is 0 Å². The maximum Gasteiger partial charge on any atom is 0.0701 e. The molecule has 1 nitrogen and oxygen atoms in total. The van der Waals surface area contributed by atoms with Crippen LogP contribution in [0.2, 0.25) is 0 Å². The third-order valence-corrected chi connectivity index (χ3v) is 5.02. The Balaban J connectivity index is 2.31. The molecule has 1 unspecified atom stereocenters. The third-order valence-electron chi connectivity index (χ3n) is 3.18. The smallest absolute Gasteiger partial charge is 0.0701 e. The third kappa shape index (κ3) is 1.47. The molecule has 0 aromatic carbocycles. The van der Waals surface area contributed by atoms with Gasteiger partial charge in [0.1, 0.15) is 0 Å². The van der Waals surface area contributed by atoms with Gasteiger partial charge in [0.25, 0.3) is 0 Å². The van der Waals surface area contributed by atoms with Gasteiger partial charge >= 0.3 is 0 Å². The summed E-state index contributed by atoms with van der Waals surface area (Å²) in [6.45, 7) is 2.13. The van der Waals surface area contributed by atoms with E-state index in [0.29, 0.717) is 5.41 Å². The molecule has 1 aromatic rings. The SMILES string of the molecule is CC(N)C1(c2ccc(Br)s2)CCC1. The molecule has 1 aliphatic carbocycles. The van der Waals surface area contributed by atoms with Crippen molar-refractivity contribution in [3.63, 3.8) is 0 Å². The van der Waals surface area contributed by atoms with Gasteiger partial charge in [-0.1, -0.05) is 6.42 Å². The van der Waals surface area contributed by atoms with Crippen molar-refractivity contribution in [1.82, 2.24) is 0 Å². The summed E-state index contributed by atoms with van der Waals surface area (Å²) in [5.41, 5.74) is 6.37. The van der Waals surface area contributed by atoms with Gasteiger partial charge in [-0.15, -0.1) is 11.3 Å². The van der Waals surface area contributed by atoms with E-state index in [4.69, 9.17) is 5.73 Å². The maximum atomic E-state index is 6.07. The molecule has 1 saturated carbocycles. The highest BCUT2D eigenvalue weighted by Gasteiger charge is 2.42. The molecule has 1 aromatic heterocycles. The van der Waals surface area contributed by atoms with E-state index in [2.05, 4.69) is 35.0 Å². The zero-order valence-corrected chi connectivity index (χ0v) is 10.1. The first-order valence-corrected chi connectivity index (χ1v) is 6.27. The zero-order valence-electron chi connectivity index (χ0n) is 7.72. The first kappa shape index (κ1) is 9.69. The van der Waals surface area contributed by atoms with Gasteiger partial charge in [-0.2, -0.15) is 0 Å². The number of nitrogens with two attached hydrogens (primary N) is 1. The molecule has 1 atom stereocenters. The number of rotatable bonds is 2. The second kappa shape index (κ2) is 3.37. The first-order chi connectivity index (χ1) is 6.15. The average Bonchev–Trinajstić information content (AvgIpc) is 2.32. The minimum Gasteiger partial charge on any atom is -0.327 e. The molecular weight excluding hydrogens is 246 g/mol. The molecule has 13 heavy (non-hydrogen) atoms. The van der Waals surface area contributed by atoms with Crippen molar-refractivity contribution in [1.29, 1.82) is 0 Å². The van der Waals surface area contributed by atoms with Gasteiger partial charge in [-0.3, -0.25) is 0 Å². The molecule has 0 spiro atoms. The van der Waals surface area contributed by atoms with Crippen LogP contribution in [0.1, 0.15) is 31.1 Å². The molecule has 0 bridgehead atoms. The largest absolute Gasteiger partial charge is 0.327 e. The Bertz CT molecular complexity index is 302. The van der Waals surface area contributed by atoms with Gasteiger partial charge in [0.05, 0.1) is 3.79 Å². The lowest BCUT2D eigenvalue weighted by Gasteiger charge is -2.44. The highest BCUT2D eigenvalue weighted by Crippen LogP contribution is 2.48. The Morgan fingerprint density at radius 3 is 2.54 bits per heavy atom. The second-order valence-electron chi connectivity index (χ2n) is 3.90. The van der Waals surface area contributed by atoms with Gasteiger partial charge < -0.3 is 5.73 Å². The molecular formula is C10H14BrNS. The van der Waals surface area contributed by atoms with Crippen molar-refractivity contribution >= 4 is 27.3 Å². The van der Waals surface area contributed by atoms with E-state index in [1.54, 1.807) is 0 Å². The van der Waals surface area contributed by atoms with Crippen molar-refractivity contribution in [2.24, 2.45) is 5.73 Å². The minimum atomic E-state index is 0.284. The molecule has 0 radical (unpaired) electrons. The maximum absolute atomic E-state index is 6.07. The Morgan fingerprint density at radius 2 is 2.23 bits per heavy atom. The molecule has 2 N–H and O–H groups in total. The molecule has 72 valence electrons. The monoisotopic (exact) mass is 259 g/mol. The van der Waals surface area contributed by atoms with E-state index in [1.807, 2.05) is 11.3 Å². The van der Waals surface area contributed by atoms with Crippen LogP contribution < -0.4 is 5.73 Å². The van der Waals surface area contributed by atoms with Crippen LogP contribution in [0.4, 0.5) is 0 Å². The Kier molecular flexibility index (Phi) is 2.51. The van der Waals surface area contributed by atoms with Crippen LogP contribution in [0, 0.1) is 0 Å². The fourth-order valence-corrected chi connectivity index (χ4v) is 3.80. The second-order valence-corrected chi connectivity index (χ2v) is 6.37. The number of hydrogen-bond donors (Lipinski definition) is 1. The Hall–Kier alpha value is 0.140. The lowest BCUT2D eigenvalue weighted by molar-refractivity contribution is 0.210. The molecule has 0 amide bonds. The van der Waals surface area contributed by atoms with Gasteiger partial charge in [0.15, 0.2) is 0 Å². The molecule has 3 heteroatoms. The summed E-state index contributed by atoms with van der Waals surface area (Å²) in [5.74, 6) is 0. The highest BCUT2D eigenvalue weighted by atomic mass is 79.9. The summed E-state index contributed by atoms with van der Waals surface area (Å²) < 4.78 is 1.22. The van der Waals surface area contributed by atoms with Crippen LogP contribution in [-0.4, -0.2) is 6.04 Å². The van der Waals surface area contributed by atoms with Gasteiger partial charge in [-0.25, -0.2) is 0 Å². The predicted octanol–water partition coefficient (Wildman–Crippen LogP) is 3.28. The standard InChI is InChI=1S/C10H14BrNS/c1-7(12)10(5-2-6-10)8-3-4-9(11)13-8/h3-4,7H,2,5-6,12H2,1H3. The topological polar surface area (TPSA) is 26.0 Å². The lowest BCUT2D eigenvalue weighted by Crippen LogP contribution is -2.48. The van der Waals surface area contributed by atoms with Gasteiger partial charge in [0.2, 0.25) is 0 Å². The molecule has 2 rings (SSSR count). The minimum absolute atomic E-state index is 0.284. The summed E-state index contributed by atoms with van der Waals surface area (Å²) in [4.78, 5) is 1.46. The highest BCUT2D eigenvalue weighted by molar-refractivity contribution is 9.11. The summed E-state index contributed by atoms with van der Waals surface area (Å²) in [6, 6.07) is 4.63. The summed E-state index contributed by atoms with van der Waals surface area (Å²) in [7, 11) is 0. The normalized spacial score (nSPS) is 22.4. The van der Waals surface area contributed by atoms with Crippen LogP contribution in [0.15, 0.2) is 15.9 Å². The van der Waals surface area contributed by atoms with E-state index in [0.717, 1.165) is 0 Å². The van der Waals surface area contributed by atoms with Crippen LogP contribution >= 0.6 is 27.3 Å². The van der Waals surface area contributed by atoms with Crippen LogP contribution in [0.3, 0.4) is 0 Å². The van der Waals surface area contributed by atoms with Gasteiger partial charge in [0, 0.05) is 16.3 Å². The van der Waals surface area contributed by atoms with Crippen molar-refractivity contribution in [3.8, 4) is 0 Å². The number of halogens is 1. The van der Waals surface area contributed by atoms with Crippen molar-refractivity contribution in [3.05, 3.63) is 20.8 Å². The zero-order chi connectivity index (χ0) is 9.47. The average molecular weight is 260 g/mol. The molecule has 1 aliphatic rings. The Morgan fingerprint density at radius 1 is 1.54 bits per heavy atom. The van der Waals surface area contributed by atoms with Crippen molar-refractivity contribution in [2.45, 2.75) is 37.6 Å². The van der Waals surface area contributed by atoms with Crippen LogP contribution in [0.5, 0.6) is 0 Å². The summed E-state index contributed by atoms with van der Waals surface area (Å²) in [6.07, 6.45) is 3.85. The first-order valence-electron chi connectivity index (χ1n) is 4.66.